The summed E-state index contributed by atoms with van der Waals surface area (Å²) >= 11 is 0. The monoisotopic (exact) mass is 223 g/mol. The summed E-state index contributed by atoms with van der Waals surface area (Å²) in [4.78, 5) is 0. The molecule has 0 aliphatic heterocycles. The van der Waals surface area contributed by atoms with Crippen molar-refractivity contribution in [2.24, 2.45) is 13.0 Å². The summed E-state index contributed by atoms with van der Waals surface area (Å²) in [5.74, 6) is 1.80. The van der Waals surface area contributed by atoms with Gasteiger partial charge in [0.15, 0.2) is 0 Å². The first-order valence-corrected chi connectivity index (χ1v) is 6.05. The van der Waals surface area contributed by atoms with Gasteiger partial charge < -0.3 is 10.1 Å². The summed E-state index contributed by atoms with van der Waals surface area (Å²) in [5, 5.41) is 7.96. The van der Waals surface area contributed by atoms with Gasteiger partial charge in [0.1, 0.15) is 0 Å². The predicted octanol–water partition coefficient (Wildman–Crippen LogP) is 1.49. The van der Waals surface area contributed by atoms with Crippen molar-refractivity contribution < 1.29 is 4.74 Å². The molecule has 0 aromatic carbocycles. The van der Waals surface area contributed by atoms with Crippen molar-refractivity contribution in [3.05, 3.63) is 11.3 Å². The van der Waals surface area contributed by atoms with Crippen LogP contribution in [0.25, 0.3) is 0 Å². The fraction of sp³-hybridized carbons (Fsp3) is 0.750. The molecule has 0 spiro atoms. The van der Waals surface area contributed by atoms with Crippen LogP contribution in [-0.2, 0) is 20.0 Å². The maximum atomic E-state index is 5.39. The molecular formula is C12H21N3O. The van der Waals surface area contributed by atoms with Crippen LogP contribution in [0.3, 0.4) is 0 Å². The highest BCUT2D eigenvalue weighted by Gasteiger charge is 2.21. The van der Waals surface area contributed by atoms with E-state index >= 15 is 0 Å². The lowest BCUT2D eigenvalue weighted by molar-refractivity contribution is 0.368. The molecular weight excluding hydrogens is 202 g/mol. The van der Waals surface area contributed by atoms with Crippen molar-refractivity contribution in [1.82, 2.24) is 15.1 Å². The Balaban J connectivity index is 2.03. The van der Waals surface area contributed by atoms with Crippen molar-refractivity contribution in [1.29, 1.82) is 0 Å². The first kappa shape index (κ1) is 11.5. The Hall–Kier alpha value is -1.03. The summed E-state index contributed by atoms with van der Waals surface area (Å²) in [6.07, 6.45) is 3.73. The van der Waals surface area contributed by atoms with E-state index in [0.717, 1.165) is 37.0 Å². The Bertz CT molecular complexity index is 355. The number of nitrogens with zero attached hydrogens (tertiary/aromatic N) is 2. The van der Waals surface area contributed by atoms with Crippen LogP contribution in [0.2, 0.25) is 0 Å². The van der Waals surface area contributed by atoms with Crippen LogP contribution in [0, 0.1) is 5.92 Å². The van der Waals surface area contributed by atoms with Gasteiger partial charge >= 0.3 is 0 Å². The fourth-order valence-electron chi connectivity index (χ4n) is 2.05. The number of hydrogen-bond donors (Lipinski definition) is 1. The van der Waals surface area contributed by atoms with Gasteiger partial charge in [-0.15, -0.1) is 0 Å². The molecule has 1 aromatic heterocycles. The average Bonchev–Trinajstić information content (AvgIpc) is 3.04. The standard InChI is InChI=1S/C12H21N3O/c1-4-11-10(8-13-7-9-5-6-9)12(16-3)15(2)14-11/h9,13H,4-8H2,1-3H3. The SMILES string of the molecule is CCc1nn(C)c(OC)c1CNCC1CC1. The first-order valence-electron chi connectivity index (χ1n) is 6.05. The van der Waals surface area contributed by atoms with E-state index in [-0.39, 0.29) is 0 Å². The second-order valence-corrected chi connectivity index (χ2v) is 4.49. The molecule has 1 aromatic rings. The molecule has 2 rings (SSSR count). The van der Waals surface area contributed by atoms with Crippen LogP contribution in [0.4, 0.5) is 0 Å². The van der Waals surface area contributed by atoms with Gasteiger partial charge in [-0.3, -0.25) is 0 Å². The van der Waals surface area contributed by atoms with Crippen LogP contribution in [-0.4, -0.2) is 23.4 Å². The van der Waals surface area contributed by atoms with Gasteiger partial charge in [-0.25, -0.2) is 4.68 Å². The molecule has 4 heteroatoms. The molecule has 1 fully saturated rings. The minimum atomic E-state index is 0.872. The zero-order chi connectivity index (χ0) is 11.5. The van der Waals surface area contributed by atoms with Crippen LogP contribution in [0.15, 0.2) is 0 Å². The van der Waals surface area contributed by atoms with Gasteiger partial charge in [-0.2, -0.15) is 5.10 Å². The predicted molar refractivity (Wildman–Crippen MR) is 63.6 cm³/mol. The number of ether oxygens (including phenoxy) is 1. The summed E-state index contributed by atoms with van der Waals surface area (Å²) in [7, 11) is 3.64. The molecule has 0 atom stereocenters. The summed E-state index contributed by atoms with van der Waals surface area (Å²) in [6.45, 7) is 4.13. The van der Waals surface area contributed by atoms with Crippen molar-refractivity contribution in [3.8, 4) is 5.88 Å². The highest BCUT2D eigenvalue weighted by Crippen LogP contribution is 2.28. The third-order valence-corrected chi connectivity index (χ3v) is 3.13. The number of nitrogens with one attached hydrogen (secondary N) is 1. The molecule has 0 bridgehead atoms. The summed E-state index contributed by atoms with van der Waals surface area (Å²) in [6, 6.07) is 0. The van der Waals surface area contributed by atoms with E-state index in [9.17, 15) is 0 Å². The number of hydrogen-bond acceptors (Lipinski definition) is 3. The van der Waals surface area contributed by atoms with Gasteiger partial charge in [0.2, 0.25) is 5.88 Å². The van der Waals surface area contributed by atoms with Gasteiger partial charge in [-0.1, -0.05) is 6.92 Å². The molecule has 0 unspecified atom stereocenters. The van der Waals surface area contributed by atoms with Crippen LogP contribution < -0.4 is 10.1 Å². The molecule has 1 saturated carbocycles. The molecule has 0 saturated heterocycles. The van der Waals surface area contributed by atoms with Gasteiger partial charge in [0, 0.05) is 13.6 Å². The first-order chi connectivity index (χ1) is 7.76. The van der Waals surface area contributed by atoms with E-state index in [1.807, 2.05) is 11.7 Å². The van der Waals surface area contributed by atoms with E-state index in [2.05, 4.69) is 17.3 Å². The van der Waals surface area contributed by atoms with Gasteiger partial charge in [-0.05, 0) is 31.7 Å². The van der Waals surface area contributed by atoms with Crippen molar-refractivity contribution >= 4 is 0 Å². The van der Waals surface area contributed by atoms with Crippen molar-refractivity contribution in [2.75, 3.05) is 13.7 Å². The Morgan fingerprint density at radius 1 is 1.50 bits per heavy atom. The minimum absolute atomic E-state index is 0.872. The van der Waals surface area contributed by atoms with E-state index in [1.165, 1.54) is 18.4 Å². The molecule has 1 N–H and O–H groups in total. The minimum Gasteiger partial charge on any atom is -0.481 e. The molecule has 1 aliphatic carbocycles. The van der Waals surface area contributed by atoms with E-state index in [4.69, 9.17) is 4.74 Å². The third kappa shape index (κ3) is 2.38. The van der Waals surface area contributed by atoms with Crippen LogP contribution in [0.1, 0.15) is 31.0 Å². The molecule has 0 amide bonds. The second-order valence-electron chi connectivity index (χ2n) is 4.49. The largest absolute Gasteiger partial charge is 0.481 e. The topological polar surface area (TPSA) is 39.1 Å². The average molecular weight is 223 g/mol. The lowest BCUT2D eigenvalue weighted by Crippen LogP contribution is -2.17. The second kappa shape index (κ2) is 4.87. The lowest BCUT2D eigenvalue weighted by atomic mass is 10.2. The Labute approximate surface area is 97.0 Å². The summed E-state index contributed by atoms with van der Waals surface area (Å²) < 4.78 is 7.22. The maximum Gasteiger partial charge on any atom is 0.216 e. The molecule has 1 aliphatic rings. The molecule has 16 heavy (non-hydrogen) atoms. The number of rotatable bonds is 6. The zero-order valence-electron chi connectivity index (χ0n) is 10.4. The van der Waals surface area contributed by atoms with Crippen LogP contribution >= 0.6 is 0 Å². The smallest absolute Gasteiger partial charge is 0.216 e. The zero-order valence-corrected chi connectivity index (χ0v) is 10.4. The quantitative estimate of drug-likeness (QED) is 0.794. The van der Waals surface area contributed by atoms with Gasteiger partial charge in [0.05, 0.1) is 18.4 Å². The van der Waals surface area contributed by atoms with Crippen LogP contribution in [0.5, 0.6) is 5.88 Å². The number of methoxy groups -OCH3 is 1. The molecule has 90 valence electrons. The molecule has 0 radical (unpaired) electrons. The molecule has 4 nitrogen and oxygen atoms in total. The maximum absolute atomic E-state index is 5.39. The van der Waals surface area contributed by atoms with Gasteiger partial charge in [0.25, 0.3) is 0 Å². The number of aryl methyl sites for hydroxylation is 2. The van der Waals surface area contributed by atoms with E-state index < -0.39 is 0 Å². The van der Waals surface area contributed by atoms with E-state index in [1.54, 1.807) is 7.11 Å². The highest BCUT2D eigenvalue weighted by molar-refractivity contribution is 5.31. The lowest BCUT2D eigenvalue weighted by Gasteiger charge is -2.06. The Morgan fingerprint density at radius 3 is 2.81 bits per heavy atom. The third-order valence-electron chi connectivity index (χ3n) is 3.13. The van der Waals surface area contributed by atoms with E-state index in [0.29, 0.717) is 0 Å². The van der Waals surface area contributed by atoms with Crippen molar-refractivity contribution in [3.63, 3.8) is 0 Å². The Morgan fingerprint density at radius 2 is 2.25 bits per heavy atom. The normalized spacial score (nSPS) is 15.4. The fourth-order valence-corrected chi connectivity index (χ4v) is 2.05. The van der Waals surface area contributed by atoms with Crippen molar-refractivity contribution in [2.45, 2.75) is 32.7 Å². The molecule has 1 heterocycles. The Kier molecular flexibility index (Phi) is 3.49. The highest BCUT2D eigenvalue weighted by atomic mass is 16.5. The number of aromatic nitrogens is 2. The summed E-state index contributed by atoms with van der Waals surface area (Å²) in [5.41, 5.74) is 2.36.